The molecule has 0 spiro atoms. The fourth-order valence-electron chi connectivity index (χ4n) is 1.86. The van der Waals surface area contributed by atoms with Gasteiger partial charge in [0.25, 0.3) is 5.69 Å². The van der Waals surface area contributed by atoms with Crippen molar-refractivity contribution in [3.05, 3.63) is 68.2 Å². The standard InChI is InChI=1S/C15H12Cl2N2O6S/c16-13-5-4-12(7-14(13)17)26(23,24)18-8-15(20)25-9-10-2-1-3-11(6-10)19(21)22/h1-7,18H,8-9H2. The highest BCUT2D eigenvalue weighted by Crippen LogP contribution is 2.24. The van der Waals surface area contributed by atoms with E-state index in [1.54, 1.807) is 6.07 Å². The molecule has 0 aliphatic heterocycles. The van der Waals surface area contributed by atoms with E-state index in [1.165, 1.54) is 30.3 Å². The first-order valence-corrected chi connectivity index (χ1v) is 9.26. The number of esters is 1. The normalized spacial score (nSPS) is 11.2. The number of sulfonamides is 1. The number of carbonyl (C=O) groups is 1. The van der Waals surface area contributed by atoms with E-state index in [0.29, 0.717) is 5.56 Å². The second-order valence-corrected chi connectivity index (χ2v) is 7.57. The van der Waals surface area contributed by atoms with Crippen LogP contribution >= 0.6 is 23.2 Å². The molecule has 138 valence electrons. The average Bonchev–Trinajstić information content (AvgIpc) is 2.60. The highest BCUT2D eigenvalue weighted by molar-refractivity contribution is 7.89. The number of hydrogen-bond donors (Lipinski definition) is 1. The second kappa shape index (κ2) is 8.45. The van der Waals surface area contributed by atoms with Gasteiger partial charge in [-0.2, -0.15) is 4.72 Å². The predicted octanol–water partition coefficient (Wildman–Crippen LogP) is 2.92. The number of nitro groups is 1. The largest absolute Gasteiger partial charge is 0.460 e. The molecule has 1 N–H and O–H groups in total. The fourth-order valence-corrected chi connectivity index (χ4v) is 3.21. The van der Waals surface area contributed by atoms with Gasteiger partial charge in [0.15, 0.2) is 0 Å². The van der Waals surface area contributed by atoms with E-state index in [2.05, 4.69) is 4.72 Å². The summed E-state index contributed by atoms with van der Waals surface area (Å²) >= 11 is 11.5. The minimum absolute atomic E-state index is 0.0581. The van der Waals surface area contributed by atoms with E-state index in [1.807, 2.05) is 0 Å². The van der Waals surface area contributed by atoms with Gasteiger partial charge in [-0.05, 0) is 23.8 Å². The molecule has 11 heteroatoms. The molecule has 0 fully saturated rings. The van der Waals surface area contributed by atoms with E-state index in [0.717, 1.165) is 6.07 Å². The highest BCUT2D eigenvalue weighted by Gasteiger charge is 2.17. The molecule has 0 atom stereocenters. The Hall–Kier alpha value is -2.20. The van der Waals surface area contributed by atoms with Gasteiger partial charge in [-0.25, -0.2) is 8.42 Å². The Bertz CT molecular complexity index is 949. The number of non-ortho nitro benzene ring substituents is 1. The van der Waals surface area contributed by atoms with Crippen LogP contribution in [0.25, 0.3) is 0 Å². The molecule has 0 aliphatic carbocycles. The maximum Gasteiger partial charge on any atom is 0.321 e. The number of hydrogen-bond acceptors (Lipinski definition) is 6. The molecule has 0 radical (unpaired) electrons. The Morgan fingerprint density at radius 1 is 1.15 bits per heavy atom. The van der Waals surface area contributed by atoms with E-state index < -0.39 is 27.5 Å². The number of halogens is 2. The SMILES string of the molecule is O=C(CNS(=O)(=O)c1ccc(Cl)c(Cl)c1)OCc1cccc([N+](=O)[O-])c1. The van der Waals surface area contributed by atoms with Crippen LogP contribution in [0.15, 0.2) is 47.4 Å². The van der Waals surface area contributed by atoms with Crippen molar-refractivity contribution in [1.29, 1.82) is 0 Å². The van der Waals surface area contributed by atoms with Crippen molar-refractivity contribution in [3.63, 3.8) is 0 Å². The quantitative estimate of drug-likeness (QED) is 0.419. The van der Waals surface area contributed by atoms with Crippen LogP contribution in [0.5, 0.6) is 0 Å². The fraction of sp³-hybridized carbons (Fsp3) is 0.133. The predicted molar refractivity (Wildman–Crippen MR) is 94.5 cm³/mol. The third-order valence-electron chi connectivity index (χ3n) is 3.13. The molecule has 0 aliphatic rings. The monoisotopic (exact) mass is 418 g/mol. The van der Waals surface area contributed by atoms with Crippen LogP contribution in [0.4, 0.5) is 5.69 Å². The van der Waals surface area contributed by atoms with Gasteiger partial charge in [-0.15, -0.1) is 0 Å². The summed E-state index contributed by atoms with van der Waals surface area (Å²) in [4.78, 5) is 21.7. The lowest BCUT2D eigenvalue weighted by atomic mass is 10.2. The van der Waals surface area contributed by atoms with Crippen molar-refractivity contribution < 1.29 is 22.9 Å². The van der Waals surface area contributed by atoms with Gasteiger partial charge >= 0.3 is 5.97 Å². The zero-order valence-electron chi connectivity index (χ0n) is 13.0. The first-order chi connectivity index (χ1) is 12.2. The van der Waals surface area contributed by atoms with Crippen LogP contribution in [0.2, 0.25) is 10.0 Å². The molecule has 2 rings (SSSR count). The molecule has 0 saturated carbocycles. The molecule has 0 heterocycles. The molecule has 0 bridgehead atoms. The van der Waals surface area contributed by atoms with Crippen molar-refractivity contribution in [1.82, 2.24) is 4.72 Å². The average molecular weight is 419 g/mol. The number of ether oxygens (including phenoxy) is 1. The van der Waals surface area contributed by atoms with Crippen molar-refractivity contribution in [2.24, 2.45) is 0 Å². The first kappa shape index (κ1) is 20.1. The third kappa shape index (κ3) is 5.40. The van der Waals surface area contributed by atoms with Crippen molar-refractivity contribution in [2.45, 2.75) is 11.5 Å². The number of nitro benzene ring substituents is 1. The maximum atomic E-state index is 12.1. The highest BCUT2D eigenvalue weighted by atomic mass is 35.5. The lowest BCUT2D eigenvalue weighted by molar-refractivity contribution is -0.384. The molecule has 2 aromatic rings. The van der Waals surface area contributed by atoms with Gasteiger partial charge in [0.1, 0.15) is 13.2 Å². The van der Waals surface area contributed by atoms with Crippen LogP contribution in [0, 0.1) is 10.1 Å². The van der Waals surface area contributed by atoms with Crippen LogP contribution < -0.4 is 4.72 Å². The molecule has 8 nitrogen and oxygen atoms in total. The summed E-state index contributed by atoms with van der Waals surface area (Å²) in [6.07, 6.45) is 0. The van der Waals surface area contributed by atoms with Crippen LogP contribution in [-0.4, -0.2) is 25.9 Å². The summed E-state index contributed by atoms with van der Waals surface area (Å²) in [6.45, 7) is -0.841. The Morgan fingerprint density at radius 3 is 2.54 bits per heavy atom. The molecule has 0 unspecified atom stereocenters. The second-order valence-electron chi connectivity index (χ2n) is 4.99. The van der Waals surface area contributed by atoms with E-state index in [-0.39, 0.29) is 27.2 Å². The van der Waals surface area contributed by atoms with Crippen LogP contribution in [-0.2, 0) is 26.2 Å². The van der Waals surface area contributed by atoms with Gasteiger partial charge in [0.05, 0.1) is 19.9 Å². The topological polar surface area (TPSA) is 116 Å². The van der Waals surface area contributed by atoms with Gasteiger partial charge in [-0.3, -0.25) is 14.9 Å². The van der Waals surface area contributed by atoms with Crippen molar-refractivity contribution in [3.8, 4) is 0 Å². The van der Waals surface area contributed by atoms with Crippen molar-refractivity contribution in [2.75, 3.05) is 6.54 Å². The number of nitrogens with zero attached hydrogens (tertiary/aromatic N) is 1. The smallest absolute Gasteiger partial charge is 0.321 e. The molecule has 0 amide bonds. The third-order valence-corrected chi connectivity index (χ3v) is 5.27. The van der Waals surface area contributed by atoms with E-state index >= 15 is 0 Å². The summed E-state index contributed by atoms with van der Waals surface area (Å²) in [5.74, 6) is -0.847. The lowest BCUT2D eigenvalue weighted by Crippen LogP contribution is -2.30. The Balaban J connectivity index is 1.92. The number of carbonyl (C=O) groups excluding carboxylic acids is 1. The zero-order valence-corrected chi connectivity index (χ0v) is 15.3. The number of benzene rings is 2. The molecular weight excluding hydrogens is 407 g/mol. The minimum atomic E-state index is -3.98. The minimum Gasteiger partial charge on any atom is -0.460 e. The molecule has 0 saturated heterocycles. The number of nitrogens with one attached hydrogen (secondary N) is 1. The summed E-state index contributed by atoms with van der Waals surface area (Å²) in [6, 6.07) is 9.27. The zero-order chi connectivity index (χ0) is 19.3. The molecule has 26 heavy (non-hydrogen) atoms. The van der Waals surface area contributed by atoms with Crippen molar-refractivity contribution >= 4 is 44.9 Å². The molecular formula is C15H12Cl2N2O6S. The Labute approximate surface area is 158 Å². The number of rotatable bonds is 7. The lowest BCUT2D eigenvalue weighted by Gasteiger charge is -2.08. The van der Waals surface area contributed by atoms with Crippen LogP contribution in [0.1, 0.15) is 5.56 Å². The van der Waals surface area contributed by atoms with Gasteiger partial charge < -0.3 is 4.74 Å². The maximum absolute atomic E-state index is 12.1. The summed E-state index contributed by atoms with van der Waals surface area (Å²) in [5.41, 5.74) is 0.263. The molecule has 0 aromatic heterocycles. The summed E-state index contributed by atoms with van der Waals surface area (Å²) < 4.78 is 31.2. The van der Waals surface area contributed by atoms with Gasteiger partial charge in [0.2, 0.25) is 10.0 Å². The van der Waals surface area contributed by atoms with Gasteiger partial charge in [0, 0.05) is 12.1 Å². The van der Waals surface area contributed by atoms with E-state index in [4.69, 9.17) is 27.9 Å². The summed E-state index contributed by atoms with van der Waals surface area (Å²) in [5, 5.41) is 10.9. The molecule has 2 aromatic carbocycles. The first-order valence-electron chi connectivity index (χ1n) is 7.03. The van der Waals surface area contributed by atoms with Crippen LogP contribution in [0.3, 0.4) is 0 Å². The Morgan fingerprint density at radius 2 is 1.88 bits per heavy atom. The van der Waals surface area contributed by atoms with Gasteiger partial charge in [-0.1, -0.05) is 35.3 Å². The summed E-state index contributed by atoms with van der Waals surface area (Å²) in [7, 11) is -3.98. The van der Waals surface area contributed by atoms with E-state index in [9.17, 15) is 23.3 Å². The Kier molecular flexibility index (Phi) is 6.54.